The van der Waals surface area contributed by atoms with Crippen LogP contribution in [0.3, 0.4) is 0 Å². The summed E-state index contributed by atoms with van der Waals surface area (Å²) in [5.74, 6) is 0. The molecule has 0 spiro atoms. The van der Waals surface area contributed by atoms with Gasteiger partial charge in [0.25, 0.3) is 0 Å². The van der Waals surface area contributed by atoms with E-state index in [9.17, 15) is 0 Å². The normalized spacial score (nSPS) is 10.3. The summed E-state index contributed by atoms with van der Waals surface area (Å²) in [6, 6.07) is 9.78. The zero-order chi connectivity index (χ0) is 12.9. The van der Waals surface area contributed by atoms with Crippen LogP contribution in [-0.2, 0) is 6.54 Å². The number of rotatable bonds is 4. The quantitative estimate of drug-likeness (QED) is 0.789. The minimum Gasteiger partial charge on any atom is -0.357 e. The van der Waals surface area contributed by atoms with E-state index in [1.165, 1.54) is 0 Å². The van der Waals surface area contributed by atoms with Gasteiger partial charge in [0, 0.05) is 30.5 Å². The molecule has 0 bridgehead atoms. The average Bonchev–Trinajstić information content (AvgIpc) is 2.96. The molecular formula is C14H12N4S. The lowest BCUT2D eigenvalue weighted by Crippen LogP contribution is -1.99. The van der Waals surface area contributed by atoms with Crippen LogP contribution >= 0.6 is 11.3 Å². The predicted molar refractivity (Wildman–Crippen MR) is 76.9 cm³/mol. The van der Waals surface area contributed by atoms with Gasteiger partial charge in [-0.15, -0.1) is 11.3 Å². The number of anilines is 1. The highest BCUT2D eigenvalue weighted by atomic mass is 32.1. The summed E-state index contributed by atoms with van der Waals surface area (Å²) in [5.41, 5.74) is 2.93. The predicted octanol–water partition coefficient (Wildman–Crippen LogP) is 3.21. The van der Waals surface area contributed by atoms with Gasteiger partial charge in [-0.05, 0) is 23.8 Å². The average molecular weight is 268 g/mol. The summed E-state index contributed by atoms with van der Waals surface area (Å²) < 4.78 is 0. The molecule has 0 radical (unpaired) electrons. The van der Waals surface area contributed by atoms with Crippen LogP contribution in [-0.4, -0.2) is 15.0 Å². The van der Waals surface area contributed by atoms with E-state index in [1.54, 1.807) is 23.7 Å². The van der Waals surface area contributed by atoms with Crippen LogP contribution in [0.5, 0.6) is 0 Å². The molecule has 0 fully saturated rings. The second-order valence-electron chi connectivity index (χ2n) is 3.97. The van der Waals surface area contributed by atoms with Gasteiger partial charge in [0.05, 0.1) is 5.69 Å². The van der Waals surface area contributed by atoms with Gasteiger partial charge in [-0.3, -0.25) is 9.97 Å². The van der Waals surface area contributed by atoms with E-state index in [4.69, 9.17) is 0 Å². The third-order valence-corrected chi connectivity index (χ3v) is 3.40. The van der Waals surface area contributed by atoms with Crippen molar-refractivity contribution in [1.82, 2.24) is 15.0 Å². The third-order valence-electron chi connectivity index (χ3n) is 2.60. The zero-order valence-corrected chi connectivity index (χ0v) is 11.0. The van der Waals surface area contributed by atoms with E-state index >= 15 is 0 Å². The maximum Gasteiger partial charge on any atom is 0.183 e. The zero-order valence-electron chi connectivity index (χ0n) is 10.2. The van der Waals surface area contributed by atoms with Crippen molar-refractivity contribution in [2.24, 2.45) is 0 Å². The summed E-state index contributed by atoms with van der Waals surface area (Å²) in [5, 5.41) is 6.19. The SMILES string of the molecule is c1ccc(-c2csc(NCc3cccnc3)n2)nc1. The lowest BCUT2D eigenvalue weighted by molar-refractivity contribution is 1.10. The van der Waals surface area contributed by atoms with Crippen LogP contribution in [0.4, 0.5) is 5.13 Å². The molecule has 3 rings (SSSR count). The second-order valence-corrected chi connectivity index (χ2v) is 4.83. The van der Waals surface area contributed by atoms with Crippen LogP contribution in [0.25, 0.3) is 11.4 Å². The Balaban J connectivity index is 1.69. The van der Waals surface area contributed by atoms with Crippen LogP contribution in [0.1, 0.15) is 5.56 Å². The first kappa shape index (κ1) is 11.8. The summed E-state index contributed by atoms with van der Waals surface area (Å²) in [7, 11) is 0. The smallest absolute Gasteiger partial charge is 0.183 e. The lowest BCUT2D eigenvalue weighted by Gasteiger charge is -2.01. The number of hydrogen-bond acceptors (Lipinski definition) is 5. The minimum atomic E-state index is 0.725. The van der Waals surface area contributed by atoms with Gasteiger partial charge in [0.15, 0.2) is 5.13 Å². The van der Waals surface area contributed by atoms with Crippen molar-refractivity contribution in [3.8, 4) is 11.4 Å². The standard InChI is InChI=1S/C14H12N4S/c1-2-7-16-12(5-1)13-10-19-14(18-13)17-9-11-4-3-6-15-8-11/h1-8,10H,9H2,(H,17,18). The van der Waals surface area contributed by atoms with E-state index in [0.717, 1.165) is 28.6 Å². The molecule has 0 amide bonds. The molecule has 0 saturated carbocycles. The molecule has 94 valence electrons. The van der Waals surface area contributed by atoms with Gasteiger partial charge >= 0.3 is 0 Å². The second kappa shape index (κ2) is 5.58. The summed E-state index contributed by atoms with van der Waals surface area (Å²) in [6.07, 6.45) is 5.39. The van der Waals surface area contributed by atoms with Crippen molar-refractivity contribution in [2.75, 3.05) is 5.32 Å². The van der Waals surface area contributed by atoms with Gasteiger partial charge < -0.3 is 5.32 Å². The van der Waals surface area contributed by atoms with E-state index < -0.39 is 0 Å². The summed E-state index contributed by atoms with van der Waals surface area (Å²) in [4.78, 5) is 12.9. The molecule has 0 saturated heterocycles. The molecule has 3 heterocycles. The maximum absolute atomic E-state index is 4.52. The Morgan fingerprint density at radius 3 is 2.84 bits per heavy atom. The van der Waals surface area contributed by atoms with Crippen LogP contribution in [0, 0.1) is 0 Å². The van der Waals surface area contributed by atoms with Crippen molar-refractivity contribution in [3.63, 3.8) is 0 Å². The molecule has 0 aliphatic heterocycles. The number of aromatic nitrogens is 3. The number of nitrogens with one attached hydrogen (secondary N) is 1. The van der Waals surface area contributed by atoms with Crippen LogP contribution in [0.15, 0.2) is 54.3 Å². The Hall–Kier alpha value is -2.27. The number of hydrogen-bond donors (Lipinski definition) is 1. The highest BCUT2D eigenvalue weighted by Gasteiger charge is 2.04. The van der Waals surface area contributed by atoms with Crippen molar-refractivity contribution in [3.05, 3.63) is 59.9 Å². The minimum absolute atomic E-state index is 0.725. The Morgan fingerprint density at radius 1 is 1.05 bits per heavy atom. The van der Waals surface area contributed by atoms with Crippen molar-refractivity contribution >= 4 is 16.5 Å². The van der Waals surface area contributed by atoms with Gasteiger partial charge in [0.2, 0.25) is 0 Å². The monoisotopic (exact) mass is 268 g/mol. The Bertz CT molecular complexity index is 637. The highest BCUT2D eigenvalue weighted by Crippen LogP contribution is 2.23. The van der Waals surface area contributed by atoms with E-state index in [0.29, 0.717) is 0 Å². The van der Waals surface area contributed by atoms with Crippen molar-refractivity contribution in [1.29, 1.82) is 0 Å². The fourth-order valence-electron chi connectivity index (χ4n) is 1.67. The first-order valence-electron chi connectivity index (χ1n) is 5.91. The fraction of sp³-hybridized carbons (Fsp3) is 0.0714. The molecule has 5 heteroatoms. The highest BCUT2D eigenvalue weighted by molar-refractivity contribution is 7.14. The van der Waals surface area contributed by atoms with Gasteiger partial charge in [0.1, 0.15) is 5.69 Å². The first-order chi connectivity index (χ1) is 9.42. The maximum atomic E-state index is 4.52. The molecule has 1 N–H and O–H groups in total. The molecule has 0 unspecified atom stereocenters. The molecule has 3 aromatic heterocycles. The molecule has 4 nitrogen and oxygen atoms in total. The largest absolute Gasteiger partial charge is 0.357 e. The van der Waals surface area contributed by atoms with Gasteiger partial charge in [-0.1, -0.05) is 12.1 Å². The van der Waals surface area contributed by atoms with E-state index in [1.807, 2.05) is 41.9 Å². The number of nitrogens with zero attached hydrogens (tertiary/aromatic N) is 3. The van der Waals surface area contributed by atoms with Gasteiger partial charge in [-0.2, -0.15) is 0 Å². The summed E-state index contributed by atoms with van der Waals surface area (Å²) >= 11 is 1.58. The molecular weight excluding hydrogens is 256 g/mol. The molecule has 0 aliphatic carbocycles. The van der Waals surface area contributed by atoms with E-state index in [-0.39, 0.29) is 0 Å². The number of thiazole rings is 1. The molecule has 0 atom stereocenters. The Labute approximate surface area is 115 Å². The topological polar surface area (TPSA) is 50.7 Å². The van der Waals surface area contributed by atoms with Crippen molar-refractivity contribution < 1.29 is 0 Å². The molecule has 19 heavy (non-hydrogen) atoms. The first-order valence-corrected chi connectivity index (χ1v) is 6.79. The Morgan fingerprint density at radius 2 is 2.05 bits per heavy atom. The third kappa shape index (κ3) is 2.95. The lowest BCUT2D eigenvalue weighted by atomic mass is 10.3. The van der Waals surface area contributed by atoms with Crippen LogP contribution < -0.4 is 5.32 Å². The Kier molecular flexibility index (Phi) is 3.47. The number of pyridine rings is 2. The van der Waals surface area contributed by atoms with E-state index in [2.05, 4.69) is 20.3 Å². The molecule has 0 aromatic carbocycles. The van der Waals surface area contributed by atoms with Gasteiger partial charge in [-0.25, -0.2) is 4.98 Å². The molecule has 3 aromatic rings. The van der Waals surface area contributed by atoms with Crippen molar-refractivity contribution in [2.45, 2.75) is 6.54 Å². The fourth-order valence-corrected chi connectivity index (χ4v) is 2.37. The van der Waals surface area contributed by atoms with Crippen LogP contribution in [0.2, 0.25) is 0 Å². The molecule has 0 aliphatic rings. The summed E-state index contributed by atoms with van der Waals surface area (Å²) in [6.45, 7) is 0.725.